The van der Waals surface area contributed by atoms with E-state index in [4.69, 9.17) is 27.9 Å². The van der Waals surface area contributed by atoms with Crippen molar-refractivity contribution in [1.82, 2.24) is 0 Å². The molecule has 1 rings (SSSR count). The summed E-state index contributed by atoms with van der Waals surface area (Å²) in [5, 5.41) is 8.72. The Morgan fingerprint density at radius 1 is 1.19 bits per heavy atom. The quantitative estimate of drug-likeness (QED) is 0.353. The molecule has 2 atom stereocenters. The Morgan fingerprint density at radius 2 is 1.81 bits per heavy atom. The summed E-state index contributed by atoms with van der Waals surface area (Å²) in [6.07, 6.45) is 0.391. The highest BCUT2D eigenvalue weighted by Crippen LogP contribution is 2.23. The summed E-state index contributed by atoms with van der Waals surface area (Å²) in [6.45, 7) is 0.559. The van der Waals surface area contributed by atoms with Gasteiger partial charge in [-0.3, -0.25) is 0 Å². The van der Waals surface area contributed by atoms with Crippen LogP contribution in [0.5, 0.6) is 0 Å². The number of hydrogen-bond donors (Lipinski definition) is 1. The van der Waals surface area contributed by atoms with Gasteiger partial charge in [0.05, 0.1) is 6.61 Å². The van der Waals surface area contributed by atoms with Crippen molar-refractivity contribution in [1.29, 1.82) is 0 Å². The van der Waals surface area contributed by atoms with Crippen LogP contribution in [0, 0.1) is 0 Å². The summed E-state index contributed by atoms with van der Waals surface area (Å²) in [6, 6.07) is 0.701. The molecule has 6 nitrogen and oxygen atoms in total. The number of ether oxygens (including phenoxy) is 2. The summed E-state index contributed by atoms with van der Waals surface area (Å²) in [5.74, 6) is 0. The molecule has 0 aromatic rings. The SMILES string of the molecule is CO[Si](CCCOC1OC1CO)(OC)OC. The van der Waals surface area contributed by atoms with Crippen molar-refractivity contribution in [2.24, 2.45) is 0 Å². The predicted molar refractivity (Wildman–Crippen MR) is 57.9 cm³/mol. The summed E-state index contributed by atoms with van der Waals surface area (Å²) in [4.78, 5) is 0. The van der Waals surface area contributed by atoms with Crippen molar-refractivity contribution < 1.29 is 27.9 Å². The lowest BCUT2D eigenvalue weighted by atomic mass is 10.5. The van der Waals surface area contributed by atoms with Crippen molar-refractivity contribution in [2.75, 3.05) is 34.5 Å². The molecule has 1 aliphatic rings. The Hall–Kier alpha value is -0.0231. The fourth-order valence-corrected chi connectivity index (χ4v) is 3.14. The third-order valence-corrected chi connectivity index (χ3v) is 5.39. The van der Waals surface area contributed by atoms with E-state index in [0.29, 0.717) is 12.7 Å². The fourth-order valence-electron chi connectivity index (χ4n) is 1.45. The van der Waals surface area contributed by atoms with Gasteiger partial charge in [0.15, 0.2) is 6.29 Å². The Labute approximate surface area is 96.8 Å². The molecular formula is C9H20O6Si. The zero-order valence-corrected chi connectivity index (χ0v) is 11.0. The van der Waals surface area contributed by atoms with E-state index in [1.54, 1.807) is 21.3 Å². The minimum Gasteiger partial charge on any atom is -0.393 e. The van der Waals surface area contributed by atoms with E-state index in [2.05, 4.69) is 0 Å². The van der Waals surface area contributed by atoms with Crippen molar-refractivity contribution in [3.8, 4) is 0 Å². The van der Waals surface area contributed by atoms with Crippen LogP contribution in [0.1, 0.15) is 6.42 Å². The first kappa shape index (κ1) is 14.0. The molecule has 0 aromatic carbocycles. The first-order valence-corrected chi connectivity index (χ1v) is 7.18. The number of aliphatic hydroxyl groups excluding tert-OH is 1. The van der Waals surface area contributed by atoms with Crippen LogP contribution >= 0.6 is 0 Å². The summed E-state index contributed by atoms with van der Waals surface area (Å²) in [7, 11) is 2.30. The lowest BCUT2D eigenvalue weighted by Gasteiger charge is -2.24. The van der Waals surface area contributed by atoms with Gasteiger partial charge in [0.1, 0.15) is 6.10 Å². The molecule has 0 bridgehead atoms. The highest BCUT2D eigenvalue weighted by atomic mass is 28.4. The number of epoxide rings is 1. The van der Waals surface area contributed by atoms with Crippen molar-refractivity contribution in [2.45, 2.75) is 24.9 Å². The topological polar surface area (TPSA) is 69.7 Å². The van der Waals surface area contributed by atoms with Gasteiger partial charge in [0.25, 0.3) is 0 Å². The number of rotatable bonds is 9. The molecular weight excluding hydrogens is 232 g/mol. The summed E-state index contributed by atoms with van der Waals surface area (Å²) < 4.78 is 26.2. The predicted octanol–water partition coefficient (Wildman–Crippen LogP) is -0.0116. The van der Waals surface area contributed by atoms with Gasteiger partial charge in [-0.05, 0) is 6.42 Å². The standard InChI is InChI=1S/C9H20O6Si/c1-11-16(12-2,13-3)6-4-5-14-9-8(7-10)15-9/h8-10H,4-7H2,1-3H3. The van der Waals surface area contributed by atoms with Crippen LogP contribution in [0.2, 0.25) is 6.04 Å². The molecule has 0 radical (unpaired) electrons. The van der Waals surface area contributed by atoms with Gasteiger partial charge in [0, 0.05) is 34.0 Å². The van der Waals surface area contributed by atoms with Crippen LogP contribution in [-0.4, -0.2) is 60.8 Å². The third kappa shape index (κ3) is 3.77. The Kier molecular flexibility index (Phi) is 5.83. The minimum atomic E-state index is -2.46. The van der Waals surface area contributed by atoms with Crippen LogP contribution in [0.25, 0.3) is 0 Å². The van der Waals surface area contributed by atoms with Gasteiger partial charge >= 0.3 is 8.80 Å². The van der Waals surface area contributed by atoms with Gasteiger partial charge < -0.3 is 27.9 Å². The maximum absolute atomic E-state index is 8.72. The molecule has 16 heavy (non-hydrogen) atoms. The Balaban J connectivity index is 2.09. The zero-order chi connectivity index (χ0) is 12.0. The van der Waals surface area contributed by atoms with E-state index in [0.717, 1.165) is 6.42 Å². The third-order valence-electron chi connectivity index (χ3n) is 2.56. The van der Waals surface area contributed by atoms with Crippen molar-refractivity contribution >= 4 is 8.80 Å². The molecule has 0 amide bonds. The molecule has 1 fully saturated rings. The minimum absolute atomic E-state index is 0.0115. The van der Waals surface area contributed by atoms with E-state index in [-0.39, 0.29) is 19.0 Å². The second-order valence-electron chi connectivity index (χ2n) is 3.50. The normalized spacial score (nSPS) is 24.8. The number of hydrogen-bond acceptors (Lipinski definition) is 6. The van der Waals surface area contributed by atoms with Gasteiger partial charge in [-0.2, -0.15) is 0 Å². The molecule has 96 valence electrons. The smallest absolute Gasteiger partial charge is 0.393 e. The van der Waals surface area contributed by atoms with Crippen LogP contribution in [0.3, 0.4) is 0 Å². The Bertz CT molecular complexity index is 190. The molecule has 0 saturated carbocycles. The van der Waals surface area contributed by atoms with E-state index >= 15 is 0 Å². The van der Waals surface area contributed by atoms with Crippen LogP contribution < -0.4 is 0 Å². The maximum Gasteiger partial charge on any atom is 0.500 e. The average molecular weight is 252 g/mol. The molecule has 0 spiro atoms. The van der Waals surface area contributed by atoms with Crippen LogP contribution in [0.15, 0.2) is 0 Å². The monoisotopic (exact) mass is 252 g/mol. The van der Waals surface area contributed by atoms with E-state index < -0.39 is 8.80 Å². The lowest BCUT2D eigenvalue weighted by molar-refractivity contribution is 0.0467. The van der Waals surface area contributed by atoms with E-state index in [1.807, 2.05) is 0 Å². The summed E-state index contributed by atoms with van der Waals surface area (Å²) in [5.41, 5.74) is 0. The van der Waals surface area contributed by atoms with Crippen molar-refractivity contribution in [3.63, 3.8) is 0 Å². The number of aliphatic hydroxyl groups is 1. The Morgan fingerprint density at radius 3 is 2.25 bits per heavy atom. The maximum atomic E-state index is 8.72. The van der Waals surface area contributed by atoms with Gasteiger partial charge in [-0.15, -0.1) is 0 Å². The molecule has 7 heteroatoms. The highest BCUT2D eigenvalue weighted by Gasteiger charge is 2.40. The van der Waals surface area contributed by atoms with Gasteiger partial charge in [0.2, 0.25) is 0 Å². The van der Waals surface area contributed by atoms with Crippen LogP contribution in [-0.2, 0) is 22.8 Å². The molecule has 1 aliphatic heterocycles. The second-order valence-corrected chi connectivity index (χ2v) is 6.59. The van der Waals surface area contributed by atoms with E-state index in [1.165, 1.54) is 0 Å². The lowest BCUT2D eigenvalue weighted by Crippen LogP contribution is -2.42. The van der Waals surface area contributed by atoms with Crippen molar-refractivity contribution in [3.05, 3.63) is 0 Å². The first-order chi connectivity index (χ1) is 7.71. The zero-order valence-electron chi connectivity index (χ0n) is 9.97. The molecule has 1 N–H and O–H groups in total. The average Bonchev–Trinajstić information content (AvgIpc) is 3.09. The molecule has 2 unspecified atom stereocenters. The van der Waals surface area contributed by atoms with Gasteiger partial charge in [-0.25, -0.2) is 0 Å². The molecule has 0 aromatic heterocycles. The molecule has 1 saturated heterocycles. The first-order valence-electron chi connectivity index (χ1n) is 5.24. The van der Waals surface area contributed by atoms with Gasteiger partial charge in [-0.1, -0.05) is 0 Å². The highest BCUT2D eigenvalue weighted by molar-refractivity contribution is 6.60. The fraction of sp³-hybridized carbons (Fsp3) is 1.00. The second kappa shape index (κ2) is 6.65. The van der Waals surface area contributed by atoms with Crippen LogP contribution in [0.4, 0.5) is 0 Å². The summed E-state index contributed by atoms with van der Waals surface area (Å²) >= 11 is 0. The van der Waals surface area contributed by atoms with E-state index in [9.17, 15) is 0 Å². The molecule has 0 aliphatic carbocycles. The largest absolute Gasteiger partial charge is 0.500 e. The molecule has 1 heterocycles.